The van der Waals surface area contributed by atoms with Crippen molar-refractivity contribution < 1.29 is 4.39 Å². The van der Waals surface area contributed by atoms with E-state index in [9.17, 15) is 4.39 Å². The van der Waals surface area contributed by atoms with Crippen molar-refractivity contribution in [2.24, 2.45) is 23.2 Å². The van der Waals surface area contributed by atoms with Crippen LogP contribution in [0.25, 0.3) is 0 Å². The second-order valence-corrected chi connectivity index (χ2v) is 5.43. The first-order valence-corrected chi connectivity index (χ1v) is 5.54. The summed E-state index contributed by atoms with van der Waals surface area (Å²) >= 11 is 0. The molecular formula is C12H23F. The zero-order chi connectivity index (χ0) is 10.2. The highest BCUT2D eigenvalue weighted by Gasteiger charge is 2.56. The van der Waals surface area contributed by atoms with Crippen LogP contribution in [0, 0.1) is 23.2 Å². The molecule has 0 N–H and O–H groups in total. The quantitative estimate of drug-likeness (QED) is 0.621. The van der Waals surface area contributed by atoms with Crippen LogP contribution in [-0.4, -0.2) is 6.17 Å². The van der Waals surface area contributed by atoms with Crippen molar-refractivity contribution >= 4 is 0 Å². The van der Waals surface area contributed by atoms with E-state index >= 15 is 0 Å². The van der Waals surface area contributed by atoms with E-state index in [-0.39, 0.29) is 0 Å². The maximum absolute atomic E-state index is 13.0. The first-order valence-electron chi connectivity index (χ1n) is 5.54. The van der Waals surface area contributed by atoms with Crippen molar-refractivity contribution in [1.29, 1.82) is 0 Å². The number of alkyl halides is 1. The topological polar surface area (TPSA) is 0 Å². The summed E-state index contributed by atoms with van der Waals surface area (Å²) in [5.41, 5.74) is 0.336. The van der Waals surface area contributed by atoms with E-state index in [1.165, 1.54) is 6.42 Å². The maximum atomic E-state index is 13.0. The average Bonchev–Trinajstić information content (AvgIpc) is 2.62. The van der Waals surface area contributed by atoms with E-state index in [2.05, 4.69) is 27.7 Å². The van der Waals surface area contributed by atoms with Crippen molar-refractivity contribution in [1.82, 2.24) is 0 Å². The lowest BCUT2D eigenvalue weighted by Gasteiger charge is -2.24. The predicted octanol–water partition coefficient (Wildman–Crippen LogP) is 4.05. The molecule has 0 aliphatic heterocycles. The van der Waals surface area contributed by atoms with Gasteiger partial charge in [-0.2, -0.15) is 0 Å². The van der Waals surface area contributed by atoms with Crippen LogP contribution in [0.3, 0.4) is 0 Å². The van der Waals surface area contributed by atoms with E-state index in [1.54, 1.807) is 6.92 Å². The van der Waals surface area contributed by atoms with Crippen LogP contribution in [-0.2, 0) is 0 Å². The van der Waals surface area contributed by atoms with Gasteiger partial charge >= 0.3 is 0 Å². The number of rotatable bonds is 4. The fraction of sp³-hybridized carbons (Fsp3) is 1.00. The lowest BCUT2D eigenvalue weighted by Crippen LogP contribution is -2.18. The zero-order valence-corrected chi connectivity index (χ0v) is 9.60. The summed E-state index contributed by atoms with van der Waals surface area (Å²) in [5.74, 6) is 2.13. The van der Waals surface area contributed by atoms with Gasteiger partial charge in [-0.15, -0.1) is 0 Å². The van der Waals surface area contributed by atoms with Crippen LogP contribution in [0.2, 0.25) is 0 Å². The van der Waals surface area contributed by atoms with Crippen molar-refractivity contribution in [2.45, 2.75) is 53.6 Å². The van der Waals surface area contributed by atoms with Gasteiger partial charge in [-0.1, -0.05) is 27.7 Å². The Morgan fingerprint density at radius 2 is 1.77 bits per heavy atom. The van der Waals surface area contributed by atoms with Gasteiger partial charge in [0.05, 0.1) is 6.17 Å². The fourth-order valence-electron chi connectivity index (χ4n) is 2.91. The average molecular weight is 186 g/mol. The third-order valence-corrected chi connectivity index (χ3v) is 3.79. The third-order valence-electron chi connectivity index (χ3n) is 3.79. The minimum Gasteiger partial charge on any atom is -0.248 e. The molecule has 0 aromatic heterocycles. The molecule has 1 rings (SSSR count). The molecule has 1 fully saturated rings. The second-order valence-electron chi connectivity index (χ2n) is 5.43. The number of hydrogen-bond donors (Lipinski definition) is 0. The SMILES string of the molecule is CC(F)CC1(C(C)C)CC1C(C)C. The molecule has 1 heteroatoms. The highest BCUT2D eigenvalue weighted by Crippen LogP contribution is 2.63. The molecule has 0 aromatic rings. The van der Waals surface area contributed by atoms with Gasteiger partial charge in [-0.3, -0.25) is 0 Å². The molecule has 3 unspecified atom stereocenters. The first kappa shape index (κ1) is 11.0. The summed E-state index contributed by atoms with van der Waals surface area (Å²) in [5, 5.41) is 0. The van der Waals surface area contributed by atoms with Crippen LogP contribution in [0.1, 0.15) is 47.5 Å². The molecule has 0 spiro atoms. The van der Waals surface area contributed by atoms with Crippen LogP contribution in [0.4, 0.5) is 4.39 Å². The number of hydrogen-bond acceptors (Lipinski definition) is 0. The molecule has 0 bridgehead atoms. The molecular weight excluding hydrogens is 163 g/mol. The van der Waals surface area contributed by atoms with Crippen LogP contribution in [0.5, 0.6) is 0 Å². The van der Waals surface area contributed by atoms with Crippen molar-refractivity contribution in [2.75, 3.05) is 0 Å². The molecule has 0 heterocycles. The molecule has 0 nitrogen and oxygen atoms in total. The van der Waals surface area contributed by atoms with Gasteiger partial charge in [0.1, 0.15) is 0 Å². The van der Waals surface area contributed by atoms with Crippen LogP contribution < -0.4 is 0 Å². The molecule has 1 aliphatic rings. The molecule has 3 atom stereocenters. The van der Waals surface area contributed by atoms with Gasteiger partial charge < -0.3 is 0 Å². The summed E-state index contributed by atoms with van der Waals surface area (Å²) in [6.07, 6.45) is 1.38. The van der Waals surface area contributed by atoms with Gasteiger partial charge in [0.15, 0.2) is 0 Å². The molecule has 0 aromatic carbocycles. The van der Waals surface area contributed by atoms with E-state index in [0.29, 0.717) is 11.3 Å². The standard InChI is InChI=1S/C12H23F/c1-8(2)11-7-12(11,9(3)4)6-10(5)13/h8-11H,6-7H2,1-5H3. The third kappa shape index (κ3) is 2.05. The Hall–Kier alpha value is -0.0700. The summed E-state index contributed by atoms with van der Waals surface area (Å²) in [4.78, 5) is 0. The Balaban J connectivity index is 2.60. The van der Waals surface area contributed by atoms with Crippen molar-refractivity contribution in [3.63, 3.8) is 0 Å². The molecule has 0 saturated heterocycles. The van der Waals surface area contributed by atoms with Gasteiger partial charge in [0, 0.05) is 0 Å². The summed E-state index contributed by atoms with van der Waals surface area (Å²) in [6, 6.07) is 0. The van der Waals surface area contributed by atoms with Crippen LogP contribution in [0.15, 0.2) is 0 Å². The Bertz CT molecular complexity index is 172. The van der Waals surface area contributed by atoms with E-state index < -0.39 is 6.17 Å². The number of halogens is 1. The fourth-order valence-corrected chi connectivity index (χ4v) is 2.91. The Morgan fingerprint density at radius 3 is 2.00 bits per heavy atom. The van der Waals surface area contributed by atoms with E-state index in [4.69, 9.17) is 0 Å². The van der Waals surface area contributed by atoms with Gasteiger partial charge in [-0.05, 0) is 42.9 Å². The van der Waals surface area contributed by atoms with Crippen molar-refractivity contribution in [3.05, 3.63) is 0 Å². The maximum Gasteiger partial charge on any atom is 0.0979 e. The van der Waals surface area contributed by atoms with E-state index in [1.807, 2.05) is 0 Å². The monoisotopic (exact) mass is 186 g/mol. The Labute approximate surface area is 81.9 Å². The molecule has 78 valence electrons. The Kier molecular flexibility index (Phi) is 3.04. The first-order chi connectivity index (χ1) is 5.90. The van der Waals surface area contributed by atoms with Crippen molar-refractivity contribution in [3.8, 4) is 0 Å². The minimum absolute atomic E-state index is 0.336. The predicted molar refractivity (Wildman–Crippen MR) is 55.4 cm³/mol. The van der Waals surface area contributed by atoms with Gasteiger partial charge in [0.25, 0.3) is 0 Å². The summed E-state index contributed by atoms with van der Waals surface area (Å²) in [7, 11) is 0. The zero-order valence-electron chi connectivity index (χ0n) is 9.60. The Morgan fingerprint density at radius 1 is 1.23 bits per heavy atom. The molecule has 1 saturated carbocycles. The summed E-state index contributed by atoms with van der Waals surface area (Å²) in [6.45, 7) is 10.7. The molecule has 0 radical (unpaired) electrons. The highest BCUT2D eigenvalue weighted by molar-refractivity contribution is 5.05. The van der Waals surface area contributed by atoms with E-state index in [0.717, 1.165) is 18.3 Å². The minimum atomic E-state index is -0.633. The second kappa shape index (κ2) is 3.59. The highest BCUT2D eigenvalue weighted by atomic mass is 19.1. The van der Waals surface area contributed by atoms with Gasteiger partial charge in [0.2, 0.25) is 0 Å². The molecule has 0 amide bonds. The normalized spacial score (nSPS) is 35.5. The lowest BCUT2D eigenvalue weighted by molar-refractivity contribution is 0.200. The largest absolute Gasteiger partial charge is 0.248 e. The molecule has 13 heavy (non-hydrogen) atoms. The lowest BCUT2D eigenvalue weighted by atomic mass is 9.82. The van der Waals surface area contributed by atoms with Crippen LogP contribution >= 0.6 is 0 Å². The summed E-state index contributed by atoms with van der Waals surface area (Å²) < 4.78 is 13.0. The smallest absolute Gasteiger partial charge is 0.0979 e. The van der Waals surface area contributed by atoms with Gasteiger partial charge in [-0.25, -0.2) is 4.39 Å². The molecule has 1 aliphatic carbocycles.